The van der Waals surface area contributed by atoms with Crippen LogP contribution in [0.2, 0.25) is 0 Å². The summed E-state index contributed by atoms with van der Waals surface area (Å²) in [4.78, 5) is 12.2. The zero-order valence-electron chi connectivity index (χ0n) is 17.1. The Morgan fingerprint density at radius 2 is 1.93 bits per heavy atom. The van der Waals surface area contributed by atoms with E-state index in [0.717, 1.165) is 9.13 Å². The van der Waals surface area contributed by atoms with Crippen molar-refractivity contribution >= 4 is 34.6 Å². The molecule has 0 fully saturated rings. The Morgan fingerprint density at radius 1 is 1.24 bits per heavy atom. The average molecular weight is 504 g/mol. The van der Waals surface area contributed by atoms with Gasteiger partial charge in [-0.25, -0.2) is 0 Å². The van der Waals surface area contributed by atoms with Gasteiger partial charge in [0.05, 0.1) is 10.2 Å². The molecule has 0 radical (unpaired) electrons. The van der Waals surface area contributed by atoms with Crippen molar-refractivity contribution in [3.05, 3.63) is 62.2 Å². The molecular weight excluding hydrogens is 479 g/mol. The van der Waals surface area contributed by atoms with Gasteiger partial charge in [0.15, 0.2) is 11.5 Å². The third-order valence-corrected chi connectivity index (χ3v) is 4.73. The van der Waals surface area contributed by atoms with Gasteiger partial charge in [-0.15, -0.1) is 0 Å². The van der Waals surface area contributed by atoms with E-state index in [1.54, 1.807) is 12.1 Å². The van der Waals surface area contributed by atoms with Crippen LogP contribution >= 0.6 is 22.6 Å². The number of nitriles is 1. The smallest absolute Gasteiger partial charge is 0.262 e. The number of aryl methyl sites for hydroxylation is 1. The Labute approximate surface area is 185 Å². The Morgan fingerprint density at radius 3 is 2.52 bits per heavy atom. The lowest BCUT2D eigenvalue weighted by Crippen LogP contribution is -2.30. The summed E-state index contributed by atoms with van der Waals surface area (Å²) < 4.78 is 12.6. The van der Waals surface area contributed by atoms with Crippen molar-refractivity contribution < 1.29 is 14.3 Å². The molecule has 0 spiro atoms. The predicted molar refractivity (Wildman–Crippen MR) is 123 cm³/mol. The van der Waals surface area contributed by atoms with E-state index in [1.165, 1.54) is 5.56 Å². The highest BCUT2D eigenvalue weighted by atomic mass is 127. The monoisotopic (exact) mass is 504 g/mol. The van der Waals surface area contributed by atoms with Crippen LogP contribution in [0.3, 0.4) is 0 Å². The molecule has 6 heteroatoms. The summed E-state index contributed by atoms with van der Waals surface area (Å²) in [6.07, 6.45) is 1.56. The molecule has 0 aliphatic carbocycles. The van der Waals surface area contributed by atoms with Crippen LogP contribution in [0.5, 0.6) is 11.5 Å². The van der Waals surface area contributed by atoms with Crippen molar-refractivity contribution in [3.8, 4) is 17.6 Å². The van der Waals surface area contributed by atoms with Gasteiger partial charge in [-0.1, -0.05) is 29.8 Å². The lowest BCUT2D eigenvalue weighted by atomic mass is 10.1. The number of hydrogen-bond acceptors (Lipinski definition) is 4. The molecule has 5 nitrogen and oxygen atoms in total. The standard InChI is InChI=1S/C23H25IN2O3/c1-5-28-21-12-18(10-19(13-25)23(27)26-15(2)3)11-20(24)22(21)29-14-17-8-6-16(4)7-9-17/h6-12,15H,5,14H2,1-4H3,(H,26,27)/b19-10-. The van der Waals surface area contributed by atoms with Gasteiger partial charge < -0.3 is 14.8 Å². The van der Waals surface area contributed by atoms with Gasteiger partial charge in [0.1, 0.15) is 18.2 Å². The molecule has 0 atom stereocenters. The molecule has 0 heterocycles. The number of halogens is 1. The van der Waals surface area contributed by atoms with Crippen molar-refractivity contribution in [2.24, 2.45) is 0 Å². The van der Waals surface area contributed by atoms with Crippen molar-refractivity contribution in [2.45, 2.75) is 40.3 Å². The molecule has 152 valence electrons. The van der Waals surface area contributed by atoms with Crippen LogP contribution in [-0.4, -0.2) is 18.6 Å². The normalized spacial score (nSPS) is 11.1. The molecule has 0 saturated heterocycles. The average Bonchev–Trinajstić information content (AvgIpc) is 2.66. The molecule has 0 saturated carbocycles. The van der Waals surface area contributed by atoms with E-state index in [2.05, 4.69) is 27.9 Å². The Bertz CT molecular complexity index is 928. The van der Waals surface area contributed by atoms with E-state index in [1.807, 2.05) is 64.1 Å². The summed E-state index contributed by atoms with van der Waals surface area (Å²) in [5.74, 6) is 0.838. The number of rotatable bonds is 8. The van der Waals surface area contributed by atoms with Gasteiger partial charge in [-0.2, -0.15) is 5.26 Å². The second-order valence-electron chi connectivity index (χ2n) is 6.84. The Balaban J connectivity index is 2.30. The summed E-state index contributed by atoms with van der Waals surface area (Å²) in [5, 5.41) is 12.1. The zero-order valence-corrected chi connectivity index (χ0v) is 19.2. The number of carbonyl (C=O) groups is 1. The van der Waals surface area contributed by atoms with Crippen LogP contribution < -0.4 is 14.8 Å². The predicted octanol–water partition coefficient (Wildman–Crippen LogP) is 5.01. The Kier molecular flexibility index (Phi) is 8.52. The van der Waals surface area contributed by atoms with E-state index in [0.29, 0.717) is 30.3 Å². The first-order chi connectivity index (χ1) is 13.8. The SMILES string of the molecule is CCOc1cc(/C=C(/C#N)C(=O)NC(C)C)cc(I)c1OCc1ccc(C)cc1. The molecule has 2 rings (SSSR count). The minimum atomic E-state index is -0.393. The number of nitrogens with zero attached hydrogens (tertiary/aromatic N) is 1. The largest absolute Gasteiger partial charge is 0.490 e. The number of benzene rings is 2. The first-order valence-corrected chi connectivity index (χ1v) is 10.5. The summed E-state index contributed by atoms with van der Waals surface area (Å²) >= 11 is 2.18. The van der Waals surface area contributed by atoms with Gasteiger partial charge >= 0.3 is 0 Å². The molecule has 1 N–H and O–H groups in total. The summed E-state index contributed by atoms with van der Waals surface area (Å²) in [7, 11) is 0. The fraction of sp³-hybridized carbons (Fsp3) is 0.304. The number of hydrogen-bond donors (Lipinski definition) is 1. The zero-order chi connectivity index (χ0) is 21.4. The molecule has 2 aromatic carbocycles. The van der Waals surface area contributed by atoms with E-state index in [-0.39, 0.29) is 11.6 Å². The maximum Gasteiger partial charge on any atom is 0.262 e. The van der Waals surface area contributed by atoms with Gasteiger partial charge in [-0.05, 0) is 79.6 Å². The molecule has 0 aliphatic heterocycles. The topological polar surface area (TPSA) is 71.3 Å². The summed E-state index contributed by atoms with van der Waals surface area (Å²) in [5.41, 5.74) is 3.01. The quantitative estimate of drug-likeness (QED) is 0.312. The molecular formula is C23H25IN2O3. The summed E-state index contributed by atoms with van der Waals surface area (Å²) in [6, 6.07) is 13.7. The summed E-state index contributed by atoms with van der Waals surface area (Å²) in [6.45, 7) is 8.54. The minimum Gasteiger partial charge on any atom is -0.490 e. The van der Waals surface area contributed by atoms with Crippen LogP contribution in [0.25, 0.3) is 6.08 Å². The van der Waals surface area contributed by atoms with Crippen molar-refractivity contribution in [1.29, 1.82) is 5.26 Å². The number of carbonyl (C=O) groups excluding carboxylic acids is 1. The van der Waals surface area contributed by atoms with Crippen molar-refractivity contribution in [2.75, 3.05) is 6.61 Å². The highest BCUT2D eigenvalue weighted by Gasteiger charge is 2.15. The van der Waals surface area contributed by atoms with Crippen LogP contribution in [0.4, 0.5) is 0 Å². The number of ether oxygens (including phenoxy) is 2. The fourth-order valence-corrected chi connectivity index (χ4v) is 3.35. The van der Waals surface area contributed by atoms with Crippen LogP contribution in [0.15, 0.2) is 42.0 Å². The fourth-order valence-electron chi connectivity index (χ4n) is 2.57. The third kappa shape index (κ3) is 6.79. The van der Waals surface area contributed by atoms with E-state index >= 15 is 0 Å². The van der Waals surface area contributed by atoms with Gasteiger partial charge in [-0.3, -0.25) is 4.79 Å². The third-order valence-electron chi connectivity index (χ3n) is 3.93. The Hall–Kier alpha value is -2.53. The number of amides is 1. The maximum absolute atomic E-state index is 12.2. The van der Waals surface area contributed by atoms with E-state index in [9.17, 15) is 10.1 Å². The van der Waals surface area contributed by atoms with Gasteiger partial charge in [0.25, 0.3) is 5.91 Å². The molecule has 2 aromatic rings. The van der Waals surface area contributed by atoms with E-state index < -0.39 is 5.91 Å². The molecule has 29 heavy (non-hydrogen) atoms. The lowest BCUT2D eigenvalue weighted by molar-refractivity contribution is -0.117. The van der Waals surface area contributed by atoms with Gasteiger partial charge in [0, 0.05) is 6.04 Å². The van der Waals surface area contributed by atoms with E-state index in [4.69, 9.17) is 9.47 Å². The second kappa shape index (κ2) is 10.9. The first-order valence-electron chi connectivity index (χ1n) is 9.41. The molecule has 0 unspecified atom stereocenters. The molecule has 0 aromatic heterocycles. The first kappa shape index (κ1) is 22.8. The van der Waals surface area contributed by atoms with Gasteiger partial charge in [0.2, 0.25) is 0 Å². The second-order valence-corrected chi connectivity index (χ2v) is 8.00. The highest BCUT2D eigenvalue weighted by Crippen LogP contribution is 2.35. The highest BCUT2D eigenvalue weighted by molar-refractivity contribution is 14.1. The maximum atomic E-state index is 12.2. The molecule has 0 aliphatic rings. The minimum absolute atomic E-state index is 0.0454. The van der Waals surface area contributed by atoms with Crippen LogP contribution in [-0.2, 0) is 11.4 Å². The number of nitrogens with one attached hydrogen (secondary N) is 1. The molecule has 0 bridgehead atoms. The molecule has 1 amide bonds. The lowest BCUT2D eigenvalue weighted by Gasteiger charge is -2.15. The van der Waals surface area contributed by atoms with Crippen LogP contribution in [0.1, 0.15) is 37.5 Å². The van der Waals surface area contributed by atoms with Crippen molar-refractivity contribution in [3.63, 3.8) is 0 Å². The van der Waals surface area contributed by atoms with Crippen molar-refractivity contribution in [1.82, 2.24) is 5.32 Å². The van der Waals surface area contributed by atoms with Crippen LogP contribution in [0, 0.1) is 21.8 Å².